The molecule has 0 atom stereocenters. The zero-order valence-corrected chi connectivity index (χ0v) is 13.8. The molecule has 6 nitrogen and oxygen atoms in total. The molecule has 1 aromatic heterocycles. The lowest BCUT2D eigenvalue weighted by molar-refractivity contribution is -0.905. The highest BCUT2D eigenvalue weighted by Crippen LogP contribution is 2.15. The Bertz CT molecular complexity index is 689. The van der Waals surface area contributed by atoms with Crippen LogP contribution in [-0.2, 0) is 22.6 Å². The van der Waals surface area contributed by atoms with Gasteiger partial charge in [0, 0.05) is 0 Å². The summed E-state index contributed by atoms with van der Waals surface area (Å²) >= 11 is 0. The summed E-state index contributed by atoms with van der Waals surface area (Å²) in [5.41, 5.74) is 8.39. The number of quaternary nitrogens is 1. The minimum absolute atomic E-state index is 0.145. The van der Waals surface area contributed by atoms with Crippen molar-refractivity contribution in [2.24, 2.45) is 0 Å². The third-order valence-corrected chi connectivity index (χ3v) is 4.78. The number of nitrogens with one attached hydrogen (secondary N) is 1. The molecule has 3 N–H and O–H groups in total. The van der Waals surface area contributed by atoms with Crippen LogP contribution in [-0.4, -0.2) is 37.3 Å². The molecular formula is C17H26N4O2+2. The molecule has 1 aliphatic heterocycles. The number of nitrogens with zero attached hydrogens (tertiary/aromatic N) is 2. The lowest BCUT2D eigenvalue weighted by atomic mass is 10.1. The Hall–Kier alpha value is -2.08. The number of hydrogen-bond acceptors (Lipinski definition) is 3. The largest absolute Gasteiger partial charge is 0.467 e. The van der Waals surface area contributed by atoms with Crippen LogP contribution in [0.4, 0.5) is 5.95 Å². The fourth-order valence-electron chi connectivity index (χ4n) is 3.48. The Balaban J connectivity index is 1.86. The second-order valence-corrected chi connectivity index (χ2v) is 6.22. The summed E-state index contributed by atoms with van der Waals surface area (Å²) in [5, 5.41) is 0. The number of esters is 1. The monoisotopic (exact) mass is 318 g/mol. The van der Waals surface area contributed by atoms with Crippen molar-refractivity contribution in [1.29, 1.82) is 0 Å². The first-order valence-corrected chi connectivity index (χ1v) is 8.37. The standard InChI is InChI=1S/C17H24N4O2/c1-23-16(22)13-21-15-8-4-3-7-14(15)20(17(21)18)12-11-19-9-5-2-6-10-19/h3-4,7-8,18H,2,5-6,9-13H2,1H3/p+2. The zero-order valence-electron chi connectivity index (χ0n) is 13.8. The number of fused-ring (bicyclic) bond motifs is 1. The lowest BCUT2D eigenvalue weighted by Gasteiger charge is -2.22. The smallest absolute Gasteiger partial charge is 0.356 e. The van der Waals surface area contributed by atoms with E-state index in [9.17, 15) is 4.79 Å². The summed E-state index contributed by atoms with van der Waals surface area (Å²) in [6, 6.07) is 8.04. The second-order valence-electron chi connectivity index (χ2n) is 6.22. The number of anilines is 1. The van der Waals surface area contributed by atoms with E-state index in [2.05, 4.69) is 10.6 Å². The van der Waals surface area contributed by atoms with Crippen LogP contribution in [0.25, 0.3) is 11.0 Å². The van der Waals surface area contributed by atoms with E-state index in [0.29, 0.717) is 5.95 Å². The highest BCUT2D eigenvalue weighted by Gasteiger charge is 2.24. The number of nitrogen functional groups attached to an aromatic ring is 1. The SMILES string of the molecule is COC(=O)C[n+]1c(N)n(CC[NH+]2CCCCC2)c2ccccc21. The van der Waals surface area contributed by atoms with E-state index in [-0.39, 0.29) is 12.5 Å². The van der Waals surface area contributed by atoms with Crippen LogP contribution < -0.4 is 15.2 Å². The van der Waals surface area contributed by atoms with Crippen LogP contribution in [0.3, 0.4) is 0 Å². The number of carbonyl (C=O) groups is 1. The third kappa shape index (κ3) is 3.32. The van der Waals surface area contributed by atoms with Crippen molar-refractivity contribution in [3.05, 3.63) is 24.3 Å². The van der Waals surface area contributed by atoms with E-state index >= 15 is 0 Å². The number of hydrogen-bond donors (Lipinski definition) is 2. The first kappa shape index (κ1) is 15.8. The highest BCUT2D eigenvalue weighted by atomic mass is 16.5. The number of benzene rings is 1. The summed E-state index contributed by atoms with van der Waals surface area (Å²) in [5.74, 6) is 0.333. The van der Waals surface area contributed by atoms with E-state index in [1.807, 2.05) is 22.8 Å². The molecule has 1 fully saturated rings. The minimum atomic E-state index is -0.286. The summed E-state index contributed by atoms with van der Waals surface area (Å²) in [6.07, 6.45) is 4.00. The molecular weight excluding hydrogens is 292 g/mol. The van der Waals surface area contributed by atoms with Gasteiger partial charge in [0.1, 0.15) is 24.1 Å². The normalized spacial score (nSPS) is 15.9. The number of piperidine rings is 1. The van der Waals surface area contributed by atoms with E-state index in [4.69, 9.17) is 10.5 Å². The summed E-state index contributed by atoms with van der Waals surface area (Å²) in [6.45, 7) is 4.59. The number of nitrogens with two attached hydrogens (primary N) is 1. The fourth-order valence-corrected chi connectivity index (χ4v) is 3.48. The zero-order chi connectivity index (χ0) is 16.2. The number of rotatable bonds is 5. The van der Waals surface area contributed by atoms with Gasteiger partial charge in [-0.2, -0.15) is 0 Å². The maximum atomic E-state index is 11.7. The van der Waals surface area contributed by atoms with Crippen molar-refractivity contribution < 1.29 is 19.0 Å². The van der Waals surface area contributed by atoms with Crippen LogP contribution in [0.1, 0.15) is 19.3 Å². The van der Waals surface area contributed by atoms with Gasteiger partial charge in [-0.1, -0.05) is 12.1 Å². The van der Waals surface area contributed by atoms with Crippen LogP contribution in [0.2, 0.25) is 0 Å². The molecule has 0 amide bonds. The van der Waals surface area contributed by atoms with E-state index in [1.165, 1.54) is 39.5 Å². The van der Waals surface area contributed by atoms with E-state index in [0.717, 1.165) is 24.1 Å². The molecule has 124 valence electrons. The second kappa shape index (κ2) is 7.00. The topological polar surface area (TPSA) is 65.6 Å². The van der Waals surface area contributed by atoms with Gasteiger partial charge in [0.25, 0.3) is 0 Å². The van der Waals surface area contributed by atoms with Gasteiger partial charge in [-0.15, -0.1) is 0 Å². The van der Waals surface area contributed by atoms with Gasteiger partial charge in [0.2, 0.25) is 0 Å². The number of imidazole rings is 1. The Kier molecular flexibility index (Phi) is 4.81. The summed E-state index contributed by atoms with van der Waals surface area (Å²) < 4.78 is 8.76. The molecule has 0 aliphatic carbocycles. The van der Waals surface area contributed by atoms with Gasteiger partial charge < -0.3 is 9.64 Å². The fraction of sp³-hybridized carbons (Fsp3) is 0.529. The third-order valence-electron chi connectivity index (χ3n) is 4.78. The predicted molar refractivity (Wildman–Crippen MR) is 88.0 cm³/mol. The van der Waals surface area contributed by atoms with Crippen molar-refractivity contribution in [2.45, 2.75) is 32.4 Å². The van der Waals surface area contributed by atoms with Crippen molar-refractivity contribution in [1.82, 2.24) is 4.57 Å². The average molecular weight is 318 g/mol. The van der Waals surface area contributed by atoms with Crippen LogP contribution in [0, 0.1) is 0 Å². The molecule has 2 aromatic rings. The Morgan fingerprint density at radius 1 is 1.30 bits per heavy atom. The number of para-hydroxylation sites is 2. The van der Waals surface area contributed by atoms with Gasteiger partial charge in [-0.25, -0.2) is 13.9 Å². The summed E-state index contributed by atoms with van der Waals surface area (Å²) in [4.78, 5) is 13.3. The summed E-state index contributed by atoms with van der Waals surface area (Å²) in [7, 11) is 1.40. The molecule has 1 aromatic carbocycles. The van der Waals surface area contributed by atoms with Gasteiger partial charge in [0.05, 0.1) is 20.2 Å². The highest BCUT2D eigenvalue weighted by molar-refractivity contribution is 5.75. The molecule has 2 heterocycles. The molecule has 1 saturated heterocycles. The maximum Gasteiger partial charge on any atom is 0.356 e. The van der Waals surface area contributed by atoms with Crippen molar-refractivity contribution in [3.8, 4) is 0 Å². The molecule has 0 spiro atoms. The van der Waals surface area contributed by atoms with Crippen molar-refractivity contribution in [3.63, 3.8) is 0 Å². The Labute approximate surface area is 136 Å². The Morgan fingerprint density at radius 2 is 2.04 bits per heavy atom. The maximum absolute atomic E-state index is 11.7. The van der Waals surface area contributed by atoms with Crippen molar-refractivity contribution >= 4 is 23.0 Å². The van der Waals surface area contributed by atoms with Crippen molar-refractivity contribution in [2.75, 3.05) is 32.5 Å². The molecule has 1 aliphatic rings. The van der Waals surface area contributed by atoms with E-state index in [1.54, 1.807) is 4.90 Å². The quantitative estimate of drug-likeness (QED) is 0.590. The number of carbonyl (C=O) groups excluding carboxylic acids is 1. The number of aromatic nitrogens is 2. The first-order valence-electron chi connectivity index (χ1n) is 8.37. The molecule has 0 radical (unpaired) electrons. The van der Waals surface area contributed by atoms with Gasteiger partial charge >= 0.3 is 11.9 Å². The predicted octanol–water partition coefficient (Wildman–Crippen LogP) is -0.247. The molecule has 0 unspecified atom stereocenters. The number of ether oxygens (including phenoxy) is 1. The molecule has 0 bridgehead atoms. The molecule has 0 saturated carbocycles. The van der Waals surface area contributed by atoms with Gasteiger partial charge in [0.15, 0.2) is 6.54 Å². The van der Waals surface area contributed by atoms with Gasteiger partial charge in [-0.3, -0.25) is 5.73 Å². The average Bonchev–Trinajstić information content (AvgIpc) is 2.86. The van der Waals surface area contributed by atoms with Gasteiger partial charge in [-0.05, 0) is 31.4 Å². The molecule has 23 heavy (non-hydrogen) atoms. The lowest BCUT2D eigenvalue weighted by Crippen LogP contribution is -3.13. The molecule has 3 rings (SSSR count). The number of methoxy groups -OCH3 is 1. The molecule has 6 heteroatoms. The number of likely N-dealkylation sites (tertiary alicyclic amines) is 1. The minimum Gasteiger partial charge on any atom is -0.467 e. The van der Waals surface area contributed by atoms with Crippen LogP contribution in [0.15, 0.2) is 24.3 Å². The van der Waals surface area contributed by atoms with E-state index < -0.39 is 0 Å². The Morgan fingerprint density at radius 3 is 2.78 bits per heavy atom. The van der Waals surface area contributed by atoms with Crippen LogP contribution in [0.5, 0.6) is 0 Å². The van der Waals surface area contributed by atoms with Crippen LogP contribution >= 0.6 is 0 Å². The first-order chi connectivity index (χ1) is 11.2.